The second kappa shape index (κ2) is 8.97. The topological polar surface area (TPSA) is 139 Å². The summed E-state index contributed by atoms with van der Waals surface area (Å²) in [6, 6.07) is 4.75. The minimum Gasteiger partial charge on any atom is -0.388 e. The molecule has 1 atom stereocenters. The van der Waals surface area contributed by atoms with Crippen LogP contribution in [0.15, 0.2) is 24.3 Å². The van der Waals surface area contributed by atoms with E-state index >= 15 is 0 Å². The van der Waals surface area contributed by atoms with Crippen LogP contribution in [0, 0.1) is 23.7 Å². The Kier molecular flexibility index (Phi) is 6.85. The van der Waals surface area contributed by atoms with Crippen LogP contribution in [0.2, 0.25) is 0 Å². The number of nitrogens with zero attached hydrogens (tertiary/aromatic N) is 1. The average Bonchev–Trinajstić information content (AvgIpc) is 2.66. The lowest BCUT2D eigenvalue weighted by Crippen LogP contribution is -2.62. The summed E-state index contributed by atoms with van der Waals surface area (Å²) in [5.41, 5.74) is -0.633. The molecule has 1 aliphatic rings. The molecular formula is C21H23N3O6. The van der Waals surface area contributed by atoms with Gasteiger partial charge < -0.3 is 20.4 Å². The van der Waals surface area contributed by atoms with E-state index in [0.717, 1.165) is 0 Å². The molecule has 1 aromatic rings. The maximum Gasteiger partial charge on any atom is 0.268 e. The van der Waals surface area contributed by atoms with Crippen LogP contribution in [0.1, 0.15) is 36.7 Å². The zero-order valence-corrected chi connectivity index (χ0v) is 16.8. The number of nitrogens with one attached hydrogen (secondary N) is 2. The Balaban J connectivity index is 2.00. The number of aliphatic hydroxyl groups is 2. The van der Waals surface area contributed by atoms with E-state index in [9.17, 15) is 24.6 Å². The highest BCUT2D eigenvalue weighted by molar-refractivity contribution is 5.97. The molecule has 1 fully saturated rings. The number of hydrogen-bond acceptors (Lipinski definition) is 6. The number of hydrogen-bond donors (Lipinski definition) is 5. The molecule has 0 spiro atoms. The summed E-state index contributed by atoms with van der Waals surface area (Å²) in [4.78, 5) is 36.6. The van der Waals surface area contributed by atoms with E-state index in [1.165, 1.54) is 43.3 Å². The third kappa shape index (κ3) is 5.82. The van der Waals surface area contributed by atoms with Gasteiger partial charge in [0, 0.05) is 18.1 Å². The van der Waals surface area contributed by atoms with Crippen molar-refractivity contribution >= 4 is 17.7 Å². The minimum absolute atomic E-state index is 0.123. The SMILES string of the molecule is CC(=O)N1CC(O)(C#CC#Cc2ccc(C(=O)N[C@H](C(=O)NO)C(C)(C)O)cc2)C1. The van der Waals surface area contributed by atoms with Crippen molar-refractivity contribution in [3.05, 3.63) is 35.4 Å². The fourth-order valence-electron chi connectivity index (χ4n) is 2.68. The van der Waals surface area contributed by atoms with E-state index in [0.29, 0.717) is 5.56 Å². The average molecular weight is 413 g/mol. The number of hydroxylamine groups is 1. The molecular weight excluding hydrogens is 390 g/mol. The lowest BCUT2D eigenvalue weighted by molar-refractivity contribution is -0.144. The van der Waals surface area contributed by atoms with Gasteiger partial charge in [0.25, 0.3) is 11.8 Å². The van der Waals surface area contributed by atoms with Crippen molar-refractivity contribution in [2.24, 2.45) is 0 Å². The van der Waals surface area contributed by atoms with Crippen LogP contribution in [0.3, 0.4) is 0 Å². The molecule has 0 radical (unpaired) electrons. The first kappa shape index (κ1) is 22.9. The molecule has 0 aromatic heterocycles. The first-order valence-corrected chi connectivity index (χ1v) is 9.03. The summed E-state index contributed by atoms with van der Waals surface area (Å²) >= 11 is 0. The normalized spacial score (nSPS) is 15.3. The lowest BCUT2D eigenvalue weighted by Gasteiger charge is -2.42. The van der Waals surface area contributed by atoms with Crippen LogP contribution in [0.25, 0.3) is 0 Å². The number of carbonyl (C=O) groups is 3. The Morgan fingerprint density at radius 1 is 1.17 bits per heavy atom. The Bertz CT molecular complexity index is 951. The monoisotopic (exact) mass is 413 g/mol. The van der Waals surface area contributed by atoms with Crippen LogP contribution in [0.4, 0.5) is 0 Å². The molecule has 1 aromatic carbocycles. The van der Waals surface area contributed by atoms with Crippen molar-refractivity contribution in [1.29, 1.82) is 0 Å². The van der Waals surface area contributed by atoms with E-state index in [1.54, 1.807) is 12.1 Å². The third-order valence-electron chi connectivity index (χ3n) is 4.42. The quantitative estimate of drug-likeness (QED) is 0.244. The van der Waals surface area contributed by atoms with Gasteiger partial charge in [-0.25, -0.2) is 5.48 Å². The minimum atomic E-state index is -1.60. The summed E-state index contributed by atoms with van der Waals surface area (Å²) in [5.74, 6) is 8.87. The zero-order valence-electron chi connectivity index (χ0n) is 16.8. The fraction of sp³-hybridized carbons (Fsp3) is 0.381. The summed E-state index contributed by atoms with van der Waals surface area (Å²) in [7, 11) is 0. The molecule has 1 heterocycles. The van der Waals surface area contributed by atoms with Gasteiger partial charge >= 0.3 is 0 Å². The molecule has 9 heteroatoms. The summed E-state index contributed by atoms with van der Waals surface area (Å²) in [5, 5.41) is 31.2. The highest BCUT2D eigenvalue weighted by atomic mass is 16.5. The molecule has 0 aliphatic carbocycles. The van der Waals surface area contributed by atoms with Gasteiger partial charge in [-0.2, -0.15) is 0 Å². The van der Waals surface area contributed by atoms with Crippen LogP contribution < -0.4 is 10.8 Å². The van der Waals surface area contributed by atoms with Gasteiger partial charge in [-0.3, -0.25) is 19.6 Å². The molecule has 5 N–H and O–H groups in total. The molecule has 3 amide bonds. The highest BCUT2D eigenvalue weighted by Crippen LogP contribution is 2.19. The van der Waals surface area contributed by atoms with Crippen molar-refractivity contribution < 1.29 is 29.8 Å². The van der Waals surface area contributed by atoms with Gasteiger partial charge in [-0.05, 0) is 50.0 Å². The lowest BCUT2D eigenvalue weighted by atomic mass is 9.95. The van der Waals surface area contributed by atoms with Crippen LogP contribution >= 0.6 is 0 Å². The van der Waals surface area contributed by atoms with Crippen LogP contribution in [0.5, 0.6) is 0 Å². The molecule has 0 saturated carbocycles. The van der Waals surface area contributed by atoms with E-state index in [4.69, 9.17) is 5.21 Å². The second-order valence-electron chi connectivity index (χ2n) is 7.52. The Hall–Kier alpha value is -3.37. The smallest absolute Gasteiger partial charge is 0.268 e. The predicted octanol–water partition coefficient (Wildman–Crippen LogP) is -0.991. The molecule has 30 heavy (non-hydrogen) atoms. The number of β-amino-alcohol motifs (C(OH)–C–C–N with tert-alkyl or cyclic N) is 1. The summed E-state index contributed by atoms with van der Waals surface area (Å²) in [6.07, 6.45) is 0. The number of benzene rings is 1. The van der Waals surface area contributed by atoms with Crippen molar-refractivity contribution in [1.82, 2.24) is 15.7 Å². The maximum atomic E-state index is 12.3. The van der Waals surface area contributed by atoms with Gasteiger partial charge in [-0.1, -0.05) is 11.8 Å². The van der Waals surface area contributed by atoms with Crippen LogP contribution in [-0.4, -0.2) is 68.4 Å². The molecule has 9 nitrogen and oxygen atoms in total. The molecule has 2 rings (SSSR count). The van der Waals surface area contributed by atoms with Crippen molar-refractivity contribution in [2.45, 2.75) is 38.0 Å². The number of likely N-dealkylation sites (tertiary alicyclic amines) is 1. The Morgan fingerprint density at radius 3 is 2.27 bits per heavy atom. The van der Waals surface area contributed by atoms with E-state index in [-0.39, 0.29) is 24.6 Å². The van der Waals surface area contributed by atoms with E-state index in [2.05, 4.69) is 29.0 Å². The molecule has 1 saturated heterocycles. The highest BCUT2D eigenvalue weighted by Gasteiger charge is 2.41. The molecule has 0 bridgehead atoms. The largest absolute Gasteiger partial charge is 0.388 e. The zero-order chi connectivity index (χ0) is 22.5. The standard InChI is InChI=1S/C21H23N3O6/c1-14(25)24-12-21(29,13-24)11-5-4-6-15-7-9-16(10-8-15)18(26)22-17(19(27)23-30)20(2,3)28/h7-10,17,28-30H,12-13H2,1-3H3,(H,22,26)(H,23,27)/t17-/m1/s1. The number of amides is 3. The van der Waals surface area contributed by atoms with Crippen LogP contribution in [-0.2, 0) is 9.59 Å². The second-order valence-corrected chi connectivity index (χ2v) is 7.52. The molecule has 158 valence electrons. The predicted molar refractivity (Wildman–Crippen MR) is 106 cm³/mol. The maximum absolute atomic E-state index is 12.3. The van der Waals surface area contributed by atoms with Gasteiger partial charge in [0.15, 0.2) is 5.60 Å². The summed E-state index contributed by atoms with van der Waals surface area (Å²) < 4.78 is 0. The van der Waals surface area contributed by atoms with Gasteiger partial charge in [-0.15, -0.1) is 0 Å². The van der Waals surface area contributed by atoms with Gasteiger partial charge in [0.1, 0.15) is 6.04 Å². The molecule has 0 unspecified atom stereocenters. The first-order chi connectivity index (χ1) is 13.9. The summed E-state index contributed by atoms with van der Waals surface area (Å²) in [6.45, 7) is 4.37. The number of carbonyl (C=O) groups excluding carboxylic acids is 3. The van der Waals surface area contributed by atoms with Crippen molar-refractivity contribution in [3.63, 3.8) is 0 Å². The van der Waals surface area contributed by atoms with Gasteiger partial charge in [0.05, 0.1) is 18.7 Å². The fourth-order valence-corrected chi connectivity index (χ4v) is 2.68. The first-order valence-electron chi connectivity index (χ1n) is 9.03. The molecule has 1 aliphatic heterocycles. The van der Waals surface area contributed by atoms with Gasteiger partial charge in [0.2, 0.25) is 5.91 Å². The van der Waals surface area contributed by atoms with E-state index in [1.807, 2.05) is 0 Å². The number of rotatable bonds is 4. The Labute approximate surface area is 174 Å². The van der Waals surface area contributed by atoms with Crippen molar-refractivity contribution in [3.8, 4) is 23.7 Å². The Morgan fingerprint density at radius 2 is 1.77 bits per heavy atom. The third-order valence-corrected chi connectivity index (χ3v) is 4.42. The van der Waals surface area contributed by atoms with Crippen molar-refractivity contribution in [2.75, 3.05) is 13.1 Å². The van der Waals surface area contributed by atoms with E-state index < -0.39 is 29.1 Å².